The Hall–Kier alpha value is -2.70. The average molecular weight is 615 g/mol. The third-order valence-corrected chi connectivity index (χ3v) is 7.21. The molecule has 4 aromatic carbocycles. The zero-order chi connectivity index (χ0) is 28.5. The van der Waals surface area contributed by atoms with E-state index in [0.717, 1.165) is 24.3 Å². The molecule has 0 spiro atoms. The van der Waals surface area contributed by atoms with Gasteiger partial charge < -0.3 is 19.9 Å². The van der Waals surface area contributed by atoms with Crippen molar-refractivity contribution in [3.05, 3.63) is 88.0 Å². The van der Waals surface area contributed by atoms with Crippen LogP contribution in [0.2, 0.25) is 0 Å². The van der Waals surface area contributed by atoms with E-state index in [0.29, 0.717) is 5.56 Å². The summed E-state index contributed by atoms with van der Waals surface area (Å²) in [4.78, 5) is 8.31. The van der Waals surface area contributed by atoms with Gasteiger partial charge in [0.1, 0.15) is 31.7 Å². The van der Waals surface area contributed by atoms with Gasteiger partial charge in [-0.1, -0.05) is 36.4 Å². The van der Waals surface area contributed by atoms with E-state index in [1.54, 1.807) is 30.3 Å². The average Bonchev–Trinajstić information content (AvgIpc) is 2.86. The maximum Gasteiger partial charge on any atom is 1.00 e. The summed E-state index contributed by atoms with van der Waals surface area (Å²) in [7, 11) is -10.5. The van der Waals surface area contributed by atoms with Gasteiger partial charge in [0.05, 0.1) is 26.1 Å². The largest absolute Gasteiger partial charge is 1.00 e. The minimum absolute atomic E-state index is 0. The number of benzene rings is 4. The van der Waals surface area contributed by atoms with Gasteiger partial charge in [0.2, 0.25) is 0 Å². The van der Waals surface area contributed by atoms with Crippen molar-refractivity contribution in [2.24, 2.45) is 10.2 Å². The fourth-order valence-electron chi connectivity index (χ4n) is 3.69. The molecule has 0 amide bonds. The molecule has 0 fully saturated rings. The number of nitro groups is 1. The number of rotatable bonds is 7. The van der Waals surface area contributed by atoms with Crippen LogP contribution in [0.25, 0.3) is 22.9 Å². The Morgan fingerprint density at radius 3 is 1.93 bits per heavy atom. The Morgan fingerprint density at radius 2 is 1.39 bits per heavy atom. The van der Waals surface area contributed by atoms with Crippen molar-refractivity contribution in [3.63, 3.8) is 0 Å². The molecule has 17 heteroatoms. The van der Waals surface area contributed by atoms with Crippen molar-refractivity contribution in [1.82, 2.24) is 0 Å². The maximum atomic E-state index is 12.0. The third-order valence-electron chi connectivity index (χ3n) is 5.48. The Bertz CT molecular complexity index is 1900. The van der Waals surface area contributed by atoms with Crippen molar-refractivity contribution in [2.45, 2.75) is 9.79 Å². The van der Waals surface area contributed by atoms with E-state index in [1.807, 2.05) is 0 Å². The Kier molecular flexibility index (Phi) is 11.4. The standard InChI is InChI=1S/C24H18N4O9S2.2Na/c25-22-21-15(12-19(38(32,33)34)18(24(21)29)11-6-14-4-2-1-3-5-14)13-20(39(35,36)37)23(22)27-26-16-7-9-17(10-8-16)28(30)31;;/h1-13,29H,25H2,(H,32,33,34)(H,35,36,37);;/q;2*+1/p-2/b11-6-,27-26?;;. The van der Waals surface area contributed by atoms with Crippen LogP contribution in [0.15, 0.2) is 86.7 Å². The number of aromatic hydroxyl groups is 1. The first-order valence-electron chi connectivity index (χ1n) is 10.7. The smallest absolute Gasteiger partial charge is 0.744 e. The minimum Gasteiger partial charge on any atom is -0.744 e. The summed E-state index contributed by atoms with van der Waals surface area (Å²) in [5, 5.41) is 28.8. The van der Waals surface area contributed by atoms with Gasteiger partial charge in [0.25, 0.3) is 5.69 Å². The number of hydrogen-bond acceptors (Lipinski definition) is 12. The molecule has 0 aliphatic carbocycles. The summed E-state index contributed by atoms with van der Waals surface area (Å²) in [6.07, 6.45) is 2.60. The Labute approximate surface area is 278 Å². The number of phenols is 1. The van der Waals surface area contributed by atoms with Gasteiger partial charge >= 0.3 is 59.1 Å². The normalized spacial score (nSPS) is 11.9. The number of nitrogens with zero attached hydrogens (tertiary/aromatic N) is 3. The SMILES string of the molecule is Nc1c(N=Nc2ccc([N+](=O)[O-])cc2)c(S(=O)(=O)[O-])cc2cc(S(=O)(=O)[O-])c(/C=C\c3ccccc3)c(O)c12.[Na+].[Na+]. The van der Waals surface area contributed by atoms with E-state index >= 15 is 0 Å². The molecular weight excluding hydrogens is 598 g/mol. The molecule has 4 rings (SSSR count). The molecule has 4 aromatic rings. The number of nitrogen functional groups attached to an aromatic ring is 1. The monoisotopic (exact) mass is 614 g/mol. The molecular formula is C24H16N4Na2O9S2. The molecule has 0 aliphatic heterocycles. The number of phenolic OH excluding ortho intramolecular Hbond substituents is 1. The van der Waals surface area contributed by atoms with Gasteiger partial charge in [-0.05, 0) is 41.3 Å². The van der Waals surface area contributed by atoms with E-state index < -0.39 is 57.6 Å². The first kappa shape index (κ1) is 34.5. The van der Waals surface area contributed by atoms with E-state index in [4.69, 9.17) is 5.73 Å². The molecule has 0 saturated heterocycles. The molecule has 0 aromatic heterocycles. The van der Waals surface area contributed by atoms with Crippen LogP contribution in [0.1, 0.15) is 11.1 Å². The molecule has 41 heavy (non-hydrogen) atoms. The number of nitro benzene ring substituents is 1. The van der Waals surface area contributed by atoms with Crippen molar-refractivity contribution in [1.29, 1.82) is 0 Å². The molecule has 200 valence electrons. The van der Waals surface area contributed by atoms with Crippen LogP contribution in [0.3, 0.4) is 0 Å². The number of anilines is 1. The van der Waals surface area contributed by atoms with Gasteiger partial charge in [-0.25, -0.2) is 16.8 Å². The number of fused-ring (bicyclic) bond motifs is 1. The number of azo groups is 1. The molecule has 0 bridgehead atoms. The van der Waals surface area contributed by atoms with Crippen LogP contribution in [0.4, 0.5) is 22.7 Å². The fourth-order valence-corrected chi connectivity index (χ4v) is 5.06. The van der Waals surface area contributed by atoms with Crippen molar-refractivity contribution in [2.75, 3.05) is 5.73 Å². The third kappa shape index (κ3) is 7.78. The summed E-state index contributed by atoms with van der Waals surface area (Å²) in [5.41, 5.74) is 4.88. The molecule has 0 aliphatic rings. The van der Waals surface area contributed by atoms with Crippen molar-refractivity contribution in [3.8, 4) is 5.75 Å². The molecule has 0 saturated carbocycles. The summed E-state index contributed by atoms with van der Waals surface area (Å²) in [5.74, 6) is -0.784. The Morgan fingerprint density at radius 1 is 0.829 bits per heavy atom. The molecule has 13 nitrogen and oxygen atoms in total. The van der Waals surface area contributed by atoms with Gasteiger partial charge in [-0.15, -0.1) is 5.11 Å². The van der Waals surface area contributed by atoms with Gasteiger partial charge in [-0.3, -0.25) is 10.1 Å². The molecule has 0 radical (unpaired) electrons. The second kappa shape index (κ2) is 13.5. The second-order valence-electron chi connectivity index (χ2n) is 8.00. The second-order valence-corrected chi connectivity index (χ2v) is 10.7. The van der Waals surface area contributed by atoms with Gasteiger partial charge in [-0.2, -0.15) is 5.11 Å². The molecule has 0 unspecified atom stereocenters. The van der Waals surface area contributed by atoms with E-state index in [2.05, 4.69) is 10.2 Å². The van der Waals surface area contributed by atoms with Crippen molar-refractivity contribution >= 4 is 65.9 Å². The van der Waals surface area contributed by atoms with Crippen LogP contribution in [-0.2, 0) is 20.2 Å². The molecule has 0 atom stereocenters. The molecule has 0 heterocycles. The zero-order valence-electron chi connectivity index (χ0n) is 21.5. The predicted octanol–water partition coefficient (Wildman–Crippen LogP) is -1.56. The summed E-state index contributed by atoms with van der Waals surface area (Å²) < 4.78 is 72.2. The molecule has 3 N–H and O–H groups in total. The first-order valence-corrected chi connectivity index (χ1v) is 13.5. The van der Waals surface area contributed by atoms with E-state index in [1.165, 1.54) is 24.3 Å². The quantitative estimate of drug-likeness (QED) is 0.0462. The Balaban J connectivity index is 0.00000294. The van der Waals surface area contributed by atoms with E-state index in [-0.39, 0.29) is 81.3 Å². The van der Waals surface area contributed by atoms with Crippen LogP contribution in [0, 0.1) is 10.1 Å². The van der Waals surface area contributed by atoms with Crippen LogP contribution in [-0.4, -0.2) is 36.0 Å². The summed E-state index contributed by atoms with van der Waals surface area (Å²) >= 11 is 0. The van der Waals surface area contributed by atoms with E-state index in [9.17, 15) is 41.2 Å². The maximum absolute atomic E-state index is 12.0. The summed E-state index contributed by atoms with van der Waals surface area (Å²) in [6, 6.07) is 14.7. The number of hydrogen-bond donors (Lipinski definition) is 2. The summed E-state index contributed by atoms with van der Waals surface area (Å²) in [6.45, 7) is 0. The van der Waals surface area contributed by atoms with Gasteiger partial charge in [0, 0.05) is 23.1 Å². The first-order chi connectivity index (χ1) is 18.3. The van der Waals surface area contributed by atoms with Crippen LogP contribution >= 0.6 is 0 Å². The predicted molar refractivity (Wildman–Crippen MR) is 139 cm³/mol. The minimum atomic E-state index is -5.28. The van der Waals surface area contributed by atoms with Gasteiger partial charge in [0.15, 0.2) is 0 Å². The van der Waals surface area contributed by atoms with Crippen molar-refractivity contribution < 1.29 is 95.1 Å². The fraction of sp³-hybridized carbons (Fsp3) is 0. The van der Waals surface area contributed by atoms with Crippen LogP contribution in [0.5, 0.6) is 5.75 Å². The topological polar surface area (TPSA) is 229 Å². The number of non-ortho nitro benzene ring substituents is 1. The zero-order valence-corrected chi connectivity index (χ0v) is 27.1. The number of nitrogens with two attached hydrogens (primary N) is 1. The van der Waals surface area contributed by atoms with Crippen LogP contribution < -0.4 is 64.8 Å².